The molecule has 0 aromatic rings. The van der Waals surface area contributed by atoms with Gasteiger partial charge in [-0.05, 0) is 0 Å². The molecule has 0 spiro atoms. The van der Waals surface area contributed by atoms with Gasteiger partial charge in [-0.25, -0.2) is 12.6 Å². The van der Waals surface area contributed by atoms with E-state index >= 15 is 0 Å². The van der Waals surface area contributed by atoms with Crippen LogP contribution in [0.4, 0.5) is 65.9 Å². The largest absolute Gasteiger partial charge is 0.512 e. The molecule has 0 saturated carbocycles. The Bertz CT molecular complexity index is 1060. The van der Waals surface area contributed by atoms with Crippen molar-refractivity contribution in [3.8, 4) is 0 Å². The maximum atomic E-state index is 13.4. The molecule has 0 aromatic heterocycles. The third kappa shape index (κ3) is 4.43. The van der Waals surface area contributed by atoms with E-state index in [1.54, 1.807) is 0 Å². The first-order chi connectivity index (χ1) is 13.4. The summed E-state index contributed by atoms with van der Waals surface area (Å²) in [5.41, 5.74) is -14.1. The van der Waals surface area contributed by atoms with E-state index in [9.17, 15) is 86.9 Å². The molecule has 0 radical (unpaired) electrons. The fraction of sp³-hybridized carbons (Fsp3) is 1.00. The fourth-order valence-corrected chi connectivity index (χ4v) is 6.22. The first-order valence-corrected chi connectivity index (χ1v) is 10.6. The van der Waals surface area contributed by atoms with Crippen LogP contribution in [0.1, 0.15) is 0 Å². The Morgan fingerprint density at radius 1 is 0.594 bits per heavy atom. The van der Waals surface area contributed by atoms with Gasteiger partial charge in [0.2, 0.25) is 9.92 Å². The van der Waals surface area contributed by atoms with Crippen molar-refractivity contribution in [1.29, 1.82) is 0 Å². The highest BCUT2D eigenvalue weighted by molar-refractivity contribution is 8.09. The van der Waals surface area contributed by atoms with Gasteiger partial charge in [0.25, 0.3) is 0 Å². The fourth-order valence-electron chi connectivity index (χ4n) is 1.22. The molecule has 194 valence electrons. The van der Waals surface area contributed by atoms with Gasteiger partial charge in [0.1, 0.15) is 0 Å². The highest BCUT2D eigenvalue weighted by atomic mass is 32.3. The van der Waals surface area contributed by atoms with Gasteiger partial charge in [-0.2, -0.15) is 74.3 Å². The van der Waals surface area contributed by atoms with Crippen LogP contribution in [0.2, 0.25) is 0 Å². The molecule has 0 saturated heterocycles. The molecule has 0 aliphatic heterocycles. The quantitative estimate of drug-likeness (QED) is 0.452. The van der Waals surface area contributed by atoms with Crippen LogP contribution >= 0.6 is 0 Å². The molecule has 0 heterocycles. The summed E-state index contributed by atoms with van der Waals surface area (Å²) in [5, 5.41) is -8.03. The molecule has 0 fully saturated rings. The van der Waals surface area contributed by atoms with Crippen molar-refractivity contribution in [1.82, 2.24) is 3.71 Å². The molecule has 0 amide bonds. The van der Waals surface area contributed by atoms with Crippen LogP contribution in [0.25, 0.3) is 0 Å². The van der Waals surface area contributed by atoms with Gasteiger partial charge >= 0.3 is 54.3 Å². The summed E-state index contributed by atoms with van der Waals surface area (Å²) in [6.45, 7) is 0. The van der Waals surface area contributed by atoms with Crippen LogP contribution in [-0.2, 0) is 30.0 Å². The van der Waals surface area contributed by atoms with Gasteiger partial charge in [-0.3, -0.25) is 0 Å². The summed E-state index contributed by atoms with van der Waals surface area (Å²) < 4.78 is 244. The van der Waals surface area contributed by atoms with Crippen LogP contribution in [0, 0.1) is 0 Å². The van der Waals surface area contributed by atoms with Crippen molar-refractivity contribution in [2.45, 2.75) is 34.3 Å². The van der Waals surface area contributed by atoms with E-state index in [0.29, 0.717) is 3.77 Å². The lowest BCUT2D eigenvalue weighted by atomic mass is 10.1. The topological polar surface area (TPSA) is 101 Å². The van der Waals surface area contributed by atoms with Crippen molar-refractivity contribution in [3.63, 3.8) is 0 Å². The zero-order valence-electron chi connectivity index (χ0n) is 13.8. The Kier molecular flexibility index (Phi) is 7.34. The molecule has 32 heavy (non-hydrogen) atoms. The summed E-state index contributed by atoms with van der Waals surface area (Å²) >= 11 is 0. The SMILES string of the molecule is CN(S(=O)(=O)C(F)(F)F)S(=O)(=NS(=O)(=O)C(F)(F)C(F)(F)C(F)(F)C(F)(F)F)C(F)(F)F. The van der Waals surface area contributed by atoms with Crippen molar-refractivity contribution in [2.75, 3.05) is 7.05 Å². The van der Waals surface area contributed by atoms with Gasteiger partial charge in [0.15, 0.2) is 0 Å². The molecule has 0 bridgehead atoms. The molecule has 0 aromatic carbocycles. The minimum atomic E-state index is -8.56. The number of rotatable bonds is 6. The second-order valence-corrected chi connectivity index (χ2v) is 11.3. The van der Waals surface area contributed by atoms with Crippen molar-refractivity contribution in [3.05, 3.63) is 0 Å². The minimum Gasteiger partial charge on any atom is -0.222 e. The second-order valence-electron chi connectivity index (χ2n) is 5.02. The van der Waals surface area contributed by atoms with E-state index in [0.717, 1.165) is 0 Å². The van der Waals surface area contributed by atoms with Crippen LogP contribution < -0.4 is 0 Å². The van der Waals surface area contributed by atoms with Crippen LogP contribution in [0.15, 0.2) is 3.77 Å². The number of hydrogen-bond donors (Lipinski definition) is 0. The van der Waals surface area contributed by atoms with Gasteiger partial charge in [-0.1, -0.05) is 7.48 Å². The van der Waals surface area contributed by atoms with Crippen LogP contribution in [-0.4, -0.2) is 66.1 Å². The Balaban J connectivity index is 7.37. The third-order valence-corrected chi connectivity index (χ3v) is 9.17. The minimum absolute atomic E-state index is 0.416. The van der Waals surface area contributed by atoms with Crippen molar-refractivity contribution < 1.29 is 86.9 Å². The van der Waals surface area contributed by atoms with E-state index < -0.39 is 75.0 Å². The predicted octanol–water partition coefficient (Wildman–Crippen LogP) is 3.43. The Hall–Kier alpha value is -1.24. The Labute approximate surface area is 166 Å². The number of halogens is 15. The standard InChI is InChI=1S/C7H3F15N2O5S3/c1-24(32(28,29)7(20,21)22)30(25,6(17,18)19)23-31(26,27)5(15,16)3(10,11)2(8,9)4(12,13)14/h1H3. The molecule has 0 aliphatic rings. The molecule has 1 atom stereocenters. The molecular weight excluding hydrogens is 573 g/mol. The number of sulfonamides is 2. The second kappa shape index (κ2) is 7.64. The molecule has 25 heteroatoms. The Morgan fingerprint density at radius 2 is 0.938 bits per heavy atom. The number of alkyl halides is 15. The lowest BCUT2D eigenvalue weighted by Crippen LogP contribution is -2.63. The van der Waals surface area contributed by atoms with Crippen molar-refractivity contribution >= 4 is 30.0 Å². The summed E-state index contributed by atoms with van der Waals surface area (Å²) in [6.07, 6.45) is -7.68. The molecule has 0 N–H and O–H groups in total. The number of hydrogen-bond acceptors (Lipinski definition) is 5. The summed E-state index contributed by atoms with van der Waals surface area (Å²) in [6, 6.07) is 0. The maximum Gasteiger partial charge on any atom is 0.512 e. The van der Waals surface area contributed by atoms with Gasteiger partial charge < -0.3 is 0 Å². The number of nitrogens with zero attached hydrogens (tertiary/aromatic N) is 2. The van der Waals surface area contributed by atoms with Gasteiger partial charge in [0.05, 0.1) is 0 Å². The molecule has 7 nitrogen and oxygen atoms in total. The average Bonchev–Trinajstić information content (AvgIpc) is 2.49. The highest BCUT2D eigenvalue weighted by Gasteiger charge is 2.86. The summed E-state index contributed by atoms with van der Waals surface area (Å²) in [5.74, 6) is -16.2. The van der Waals surface area contributed by atoms with Crippen molar-refractivity contribution in [2.24, 2.45) is 3.77 Å². The Morgan fingerprint density at radius 3 is 1.19 bits per heavy atom. The van der Waals surface area contributed by atoms with E-state index in [-0.39, 0.29) is 0 Å². The van der Waals surface area contributed by atoms with E-state index in [1.807, 2.05) is 0 Å². The average molecular weight is 576 g/mol. The summed E-state index contributed by atoms with van der Waals surface area (Å²) in [7, 11) is -25.2. The zero-order chi connectivity index (χ0) is 26.8. The van der Waals surface area contributed by atoms with Gasteiger partial charge in [0, 0.05) is 7.05 Å². The first kappa shape index (κ1) is 30.8. The summed E-state index contributed by atoms with van der Waals surface area (Å²) in [4.78, 5) is 0. The maximum absolute atomic E-state index is 13.4. The first-order valence-electron chi connectivity index (χ1n) is 6.21. The van der Waals surface area contributed by atoms with E-state index in [4.69, 9.17) is 0 Å². The van der Waals surface area contributed by atoms with Crippen LogP contribution in [0.3, 0.4) is 0 Å². The lowest BCUT2D eigenvalue weighted by Gasteiger charge is -2.32. The molecular formula is C7H3F15N2O5S3. The van der Waals surface area contributed by atoms with E-state index in [1.165, 1.54) is 0 Å². The lowest BCUT2D eigenvalue weighted by molar-refractivity contribution is -0.382. The van der Waals surface area contributed by atoms with E-state index in [2.05, 4.69) is 0 Å². The van der Waals surface area contributed by atoms with Crippen LogP contribution in [0.5, 0.6) is 0 Å². The smallest absolute Gasteiger partial charge is 0.222 e. The molecule has 0 rings (SSSR count). The monoisotopic (exact) mass is 576 g/mol. The molecule has 0 aliphatic carbocycles. The van der Waals surface area contributed by atoms with Gasteiger partial charge in [-0.15, -0.1) is 0 Å². The highest BCUT2D eigenvalue weighted by Crippen LogP contribution is 2.55. The molecule has 1 unspecified atom stereocenters. The third-order valence-electron chi connectivity index (χ3n) is 2.92. The normalized spacial score (nSPS) is 17.9. The predicted molar refractivity (Wildman–Crippen MR) is 69.2 cm³/mol. The zero-order valence-corrected chi connectivity index (χ0v) is 16.3.